The number of aliphatic hydroxyl groups is 1. The van der Waals surface area contributed by atoms with E-state index >= 15 is 0 Å². The van der Waals surface area contributed by atoms with Gasteiger partial charge in [0.15, 0.2) is 0 Å². The fraction of sp³-hybridized carbons (Fsp3) is 0.467. The van der Waals surface area contributed by atoms with E-state index in [1.165, 1.54) is 0 Å². The third-order valence-corrected chi connectivity index (χ3v) is 4.21. The Morgan fingerprint density at radius 2 is 2.30 bits per heavy atom. The lowest BCUT2D eigenvalue weighted by molar-refractivity contribution is -0.123. The van der Waals surface area contributed by atoms with E-state index in [2.05, 4.69) is 25.5 Å². The zero-order valence-corrected chi connectivity index (χ0v) is 13.2. The molecular weight excluding hydrogens is 318 g/mol. The fourth-order valence-electron chi connectivity index (χ4n) is 2.76. The minimum atomic E-state index is -0.278. The van der Waals surface area contributed by atoms with E-state index in [4.69, 9.17) is 11.6 Å². The number of amides is 1. The van der Waals surface area contributed by atoms with Crippen LogP contribution in [0.25, 0.3) is 0 Å². The highest BCUT2D eigenvalue weighted by Gasteiger charge is 2.36. The number of hydrogen-bond donors (Lipinski definition) is 3. The van der Waals surface area contributed by atoms with Crippen molar-refractivity contribution in [3.8, 4) is 0 Å². The van der Waals surface area contributed by atoms with Crippen molar-refractivity contribution in [3.63, 3.8) is 0 Å². The van der Waals surface area contributed by atoms with Gasteiger partial charge in [0.1, 0.15) is 5.82 Å². The molecule has 0 saturated heterocycles. The molecule has 0 bridgehead atoms. The van der Waals surface area contributed by atoms with Crippen LogP contribution in [0.1, 0.15) is 36.8 Å². The van der Waals surface area contributed by atoms with Crippen LogP contribution in [0.3, 0.4) is 0 Å². The Labute approximate surface area is 138 Å². The number of aliphatic hydroxyl groups excluding tert-OH is 1. The minimum absolute atomic E-state index is 0.0884. The molecule has 0 spiro atoms. The Morgan fingerprint density at radius 3 is 2.91 bits per heavy atom. The Kier molecular flexibility index (Phi) is 4.88. The van der Waals surface area contributed by atoms with Gasteiger partial charge in [-0.15, -0.1) is 5.10 Å². The molecule has 1 amide bonds. The van der Waals surface area contributed by atoms with Gasteiger partial charge in [0, 0.05) is 19.0 Å². The molecule has 23 heavy (non-hydrogen) atoms. The van der Waals surface area contributed by atoms with Crippen molar-refractivity contribution in [2.45, 2.75) is 37.8 Å². The first-order valence-corrected chi connectivity index (χ1v) is 7.94. The molecule has 2 aromatic rings. The Morgan fingerprint density at radius 1 is 1.48 bits per heavy atom. The molecule has 8 heteroatoms. The van der Waals surface area contributed by atoms with Gasteiger partial charge in [-0.2, -0.15) is 0 Å². The summed E-state index contributed by atoms with van der Waals surface area (Å²) in [6.45, 7) is 0. The Bertz CT molecular complexity index is 657. The Balaban J connectivity index is 1.60. The molecule has 3 rings (SSSR count). The number of hydrogen-bond acceptors (Lipinski definition) is 5. The number of pyridine rings is 1. The van der Waals surface area contributed by atoms with Gasteiger partial charge in [0.2, 0.25) is 11.2 Å². The fourth-order valence-corrected chi connectivity index (χ4v) is 2.90. The highest BCUT2D eigenvalue weighted by molar-refractivity contribution is 6.28. The van der Waals surface area contributed by atoms with E-state index in [1.807, 2.05) is 18.2 Å². The second-order valence-electron chi connectivity index (χ2n) is 5.74. The summed E-state index contributed by atoms with van der Waals surface area (Å²) in [6.07, 6.45) is 3.51. The minimum Gasteiger partial charge on any atom is -0.393 e. The third-order valence-electron chi connectivity index (χ3n) is 4.04. The van der Waals surface area contributed by atoms with Gasteiger partial charge in [-0.3, -0.25) is 14.9 Å². The summed E-state index contributed by atoms with van der Waals surface area (Å²) in [5, 5.41) is 19.1. The van der Waals surface area contributed by atoms with E-state index in [0.29, 0.717) is 25.1 Å². The van der Waals surface area contributed by atoms with Crippen molar-refractivity contribution >= 4 is 17.5 Å². The van der Waals surface area contributed by atoms with Gasteiger partial charge in [-0.1, -0.05) is 6.07 Å². The average Bonchev–Trinajstić information content (AvgIpc) is 2.94. The number of carbonyl (C=O) groups excluding carboxylic acids is 1. The number of aromatic amines is 1. The lowest BCUT2D eigenvalue weighted by Crippen LogP contribution is -2.41. The van der Waals surface area contributed by atoms with Gasteiger partial charge < -0.3 is 10.4 Å². The monoisotopic (exact) mass is 335 g/mol. The zero-order chi connectivity index (χ0) is 16.2. The molecule has 0 unspecified atom stereocenters. The molecule has 2 aromatic heterocycles. The van der Waals surface area contributed by atoms with Crippen molar-refractivity contribution in [1.29, 1.82) is 0 Å². The normalized spacial score (nSPS) is 21.5. The van der Waals surface area contributed by atoms with Gasteiger partial charge in [0.05, 0.1) is 17.8 Å². The summed E-state index contributed by atoms with van der Waals surface area (Å²) in [4.78, 5) is 20.5. The number of halogens is 1. The number of carbonyl (C=O) groups is 1. The van der Waals surface area contributed by atoms with E-state index in [-0.39, 0.29) is 35.7 Å². The lowest BCUT2D eigenvalue weighted by atomic mass is 9.76. The topological polar surface area (TPSA) is 104 Å². The summed E-state index contributed by atoms with van der Waals surface area (Å²) in [5.74, 6) is 0.705. The van der Waals surface area contributed by atoms with Crippen LogP contribution in [0, 0.1) is 5.92 Å². The SMILES string of the molecule is O=C(CCc1nc(Cl)n[nH]1)N[C@@H](c1ccccn1)C1CC(O)C1. The molecule has 3 N–H and O–H groups in total. The average molecular weight is 336 g/mol. The van der Waals surface area contributed by atoms with Gasteiger partial charge in [0.25, 0.3) is 0 Å². The largest absolute Gasteiger partial charge is 0.393 e. The number of aryl methyl sites for hydroxylation is 1. The molecule has 1 saturated carbocycles. The molecule has 0 aromatic carbocycles. The lowest BCUT2D eigenvalue weighted by Gasteiger charge is -2.37. The van der Waals surface area contributed by atoms with E-state index in [9.17, 15) is 9.90 Å². The summed E-state index contributed by atoms with van der Waals surface area (Å²) in [7, 11) is 0. The smallest absolute Gasteiger partial charge is 0.242 e. The Hall–Kier alpha value is -1.99. The van der Waals surface area contributed by atoms with Crippen LogP contribution >= 0.6 is 11.6 Å². The van der Waals surface area contributed by atoms with Gasteiger partial charge >= 0.3 is 0 Å². The molecule has 1 fully saturated rings. The number of rotatable bonds is 6. The quantitative estimate of drug-likeness (QED) is 0.740. The number of nitrogens with zero attached hydrogens (tertiary/aromatic N) is 3. The van der Waals surface area contributed by atoms with E-state index in [1.54, 1.807) is 6.20 Å². The van der Waals surface area contributed by atoms with Crippen LogP contribution in [0.4, 0.5) is 0 Å². The highest BCUT2D eigenvalue weighted by atomic mass is 35.5. The van der Waals surface area contributed by atoms with E-state index in [0.717, 1.165) is 5.69 Å². The molecular formula is C15H18ClN5O2. The second-order valence-corrected chi connectivity index (χ2v) is 6.07. The first-order valence-electron chi connectivity index (χ1n) is 7.57. The molecule has 0 radical (unpaired) electrons. The first-order chi connectivity index (χ1) is 11.1. The number of H-pyrrole nitrogens is 1. The first kappa shape index (κ1) is 15.9. The predicted octanol–water partition coefficient (Wildman–Crippen LogP) is 1.41. The van der Waals surface area contributed by atoms with E-state index < -0.39 is 0 Å². The van der Waals surface area contributed by atoms with Crippen LogP contribution in [0.2, 0.25) is 5.28 Å². The molecule has 2 heterocycles. The summed E-state index contributed by atoms with van der Waals surface area (Å²) >= 11 is 5.64. The third kappa shape index (κ3) is 4.05. The van der Waals surface area contributed by atoms with Gasteiger partial charge in [-0.05, 0) is 42.5 Å². The summed E-state index contributed by atoms with van der Waals surface area (Å²) < 4.78 is 0. The maximum Gasteiger partial charge on any atom is 0.242 e. The predicted molar refractivity (Wildman–Crippen MR) is 83.6 cm³/mol. The molecule has 7 nitrogen and oxygen atoms in total. The second kappa shape index (κ2) is 7.06. The standard InChI is InChI=1S/C15H18ClN5O2/c16-15-18-12(20-21-15)4-5-13(23)19-14(9-7-10(22)8-9)11-3-1-2-6-17-11/h1-3,6,9-10,14,22H,4-5,7-8H2,(H,19,23)(H,18,20,21)/t9?,10?,14-/m1/s1. The van der Waals surface area contributed by atoms with Crippen LogP contribution < -0.4 is 5.32 Å². The van der Waals surface area contributed by atoms with Crippen molar-refractivity contribution < 1.29 is 9.90 Å². The van der Waals surface area contributed by atoms with Crippen LogP contribution in [0.5, 0.6) is 0 Å². The number of aromatic nitrogens is 4. The molecule has 122 valence electrons. The molecule has 1 aliphatic carbocycles. The van der Waals surface area contributed by atoms with Crippen molar-refractivity contribution in [3.05, 3.63) is 41.2 Å². The maximum absolute atomic E-state index is 12.2. The zero-order valence-electron chi connectivity index (χ0n) is 12.4. The maximum atomic E-state index is 12.2. The molecule has 1 atom stereocenters. The molecule has 1 aliphatic rings. The van der Waals surface area contributed by atoms with Crippen LogP contribution in [-0.4, -0.2) is 37.3 Å². The van der Waals surface area contributed by atoms with Crippen molar-refractivity contribution in [1.82, 2.24) is 25.5 Å². The number of nitrogens with one attached hydrogen (secondary N) is 2. The highest BCUT2D eigenvalue weighted by Crippen LogP contribution is 2.37. The van der Waals surface area contributed by atoms with Crippen LogP contribution in [-0.2, 0) is 11.2 Å². The van der Waals surface area contributed by atoms with Gasteiger partial charge in [-0.25, -0.2) is 4.98 Å². The van der Waals surface area contributed by atoms with Crippen molar-refractivity contribution in [2.24, 2.45) is 5.92 Å². The van der Waals surface area contributed by atoms with Crippen LogP contribution in [0.15, 0.2) is 24.4 Å². The summed E-state index contributed by atoms with van der Waals surface area (Å²) in [5.41, 5.74) is 0.820. The summed E-state index contributed by atoms with van der Waals surface area (Å²) in [6, 6.07) is 5.45. The molecule has 0 aliphatic heterocycles. The van der Waals surface area contributed by atoms with Crippen molar-refractivity contribution in [2.75, 3.05) is 0 Å².